The summed E-state index contributed by atoms with van der Waals surface area (Å²) in [6.45, 7) is 4.82. The van der Waals surface area contributed by atoms with Gasteiger partial charge < -0.3 is 19.9 Å². The Hall–Kier alpha value is -2.51. The van der Waals surface area contributed by atoms with Crippen molar-refractivity contribution < 1.29 is 9.53 Å². The van der Waals surface area contributed by atoms with E-state index in [1.807, 2.05) is 4.90 Å². The van der Waals surface area contributed by atoms with E-state index in [-0.39, 0.29) is 12.0 Å². The van der Waals surface area contributed by atoms with Gasteiger partial charge >= 0.3 is 0 Å². The third-order valence-corrected chi connectivity index (χ3v) is 5.96. The fraction of sp³-hybridized carbons (Fsp3) is 0.476. The molecule has 28 heavy (non-hydrogen) atoms. The van der Waals surface area contributed by atoms with Gasteiger partial charge in [-0.15, -0.1) is 0 Å². The molecule has 3 aliphatic heterocycles. The smallest absolute Gasteiger partial charge is 0.258 e. The largest absolute Gasteiger partial charge is 0.378 e. The molecule has 4 heterocycles. The minimum Gasteiger partial charge on any atom is -0.378 e. The maximum Gasteiger partial charge on any atom is 0.258 e. The number of ether oxygens (including phenoxy) is 1. The van der Waals surface area contributed by atoms with Crippen LogP contribution in [0.2, 0.25) is 0 Å². The molecule has 1 aromatic carbocycles. The van der Waals surface area contributed by atoms with E-state index in [4.69, 9.17) is 4.74 Å². The predicted molar refractivity (Wildman–Crippen MR) is 105 cm³/mol. The predicted octanol–water partition coefficient (Wildman–Crippen LogP) is 1.16. The topological polar surface area (TPSA) is 70.6 Å². The standard InChI is InChI=1S/C21H25N5O2/c1-28-17-11-26(12-17)21-23-9-18-19(24-21)13-25(20(18)27)10-14-2-3-15-4-6-22-7-5-16(15)8-14/h2-3,8-9,17,22H,4-7,10-13H2,1H3. The zero-order valence-corrected chi connectivity index (χ0v) is 16.1. The maximum absolute atomic E-state index is 12.8. The molecule has 2 aromatic rings. The van der Waals surface area contributed by atoms with Crippen LogP contribution < -0.4 is 10.2 Å². The van der Waals surface area contributed by atoms with Crippen LogP contribution in [0.25, 0.3) is 0 Å². The van der Waals surface area contributed by atoms with Crippen LogP contribution >= 0.6 is 0 Å². The highest BCUT2D eigenvalue weighted by atomic mass is 16.5. The van der Waals surface area contributed by atoms with Gasteiger partial charge in [-0.05, 0) is 42.6 Å². The zero-order chi connectivity index (χ0) is 19.1. The molecule has 1 amide bonds. The summed E-state index contributed by atoms with van der Waals surface area (Å²) in [5.74, 6) is 0.718. The molecule has 0 unspecified atom stereocenters. The lowest BCUT2D eigenvalue weighted by Crippen LogP contribution is -2.52. The van der Waals surface area contributed by atoms with Crippen molar-refractivity contribution in [3.63, 3.8) is 0 Å². The van der Waals surface area contributed by atoms with Crippen molar-refractivity contribution in [3.05, 3.63) is 52.3 Å². The highest BCUT2D eigenvalue weighted by molar-refractivity contribution is 5.97. The molecular formula is C21H25N5O2. The second-order valence-electron chi connectivity index (χ2n) is 7.81. The Labute approximate surface area is 164 Å². The molecule has 0 atom stereocenters. The van der Waals surface area contributed by atoms with E-state index in [0.717, 1.165) is 44.7 Å². The highest BCUT2D eigenvalue weighted by Crippen LogP contribution is 2.26. The second kappa shape index (κ2) is 7.14. The van der Waals surface area contributed by atoms with Crippen LogP contribution in [-0.4, -0.2) is 60.2 Å². The van der Waals surface area contributed by atoms with E-state index in [1.165, 1.54) is 16.7 Å². The molecule has 1 N–H and O–H groups in total. The van der Waals surface area contributed by atoms with Gasteiger partial charge in [-0.25, -0.2) is 9.97 Å². The number of nitrogens with one attached hydrogen (secondary N) is 1. The maximum atomic E-state index is 12.8. The number of rotatable bonds is 4. The van der Waals surface area contributed by atoms with E-state index in [2.05, 4.69) is 38.4 Å². The molecule has 1 aromatic heterocycles. The molecule has 0 spiro atoms. The van der Waals surface area contributed by atoms with E-state index in [0.29, 0.717) is 24.6 Å². The lowest BCUT2D eigenvalue weighted by molar-refractivity contribution is 0.0765. The summed E-state index contributed by atoms with van der Waals surface area (Å²) in [6, 6.07) is 6.64. The first-order chi connectivity index (χ1) is 13.7. The Morgan fingerprint density at radius 2 is 2.04 bits per heavy atom. The molecular weight excluding hydrogens is 354 g/mol. The number of benzene rings is 1. The third kappa shape index (κ3) is 3.14. The molecule has 7 heteroatoms. The van der Waals surface area contributed by atoms with Crippen LogP contribution in [0.15, 0.2) is 24.4 Å². The van der Waals surface area contributed by atoms with Gasteiger partial charge in [0.2, 0.25) is 5.95 Å². The first-order valence-electron chi connectivity index (χ1n) is 9.95. The minimum absolute atomic E-state index is 0.0246. The molecule has 1 fully saturated rings. The van der Waals surface area contributed by atoms with Crippen LogP contribution in [0.1, 0.15) is 32.7 Å². The lowest BCUT2D eigenvalue weighted by atomic mass is 10.00. The normalized spacial score (nSPS) is 19.2. The molecule has 5 rings (SSSR count). The highest BCUT2D eigenvalue weighted by Gasteiger charge is 2.33. The lowest BCUT2D eigenvalue weighted by Gasteiger charge is -2.38. The van der Waals surface area contributed by atoms with E-state index >= 15 is 0 Å². The zero-order valence-electron chi connectivity index (χ0n) is 16.1. The van der Waals surface area contributed by atoms with Crippen molar-refractivity contribution in [1.82, 2.24) is 20.2 Å². The number of hydrogen-bond donors (Lipinski definition) is 1. The van der Waals surface area contributed by atoms with Crippen molar-refractivity contribution in [3.8, 4) is 0 Å². The van der Waals surface area contributed by atoms with Crippen molar-refractivity contribution in [2.24, 2.45) is 0 Å². The number of aromatic nitrogens is 2. The van der Waals surface area contributed by atoms with Crippen molar-refractivity contribution in [2.75, 3.05) is 38.2 Å². The number of hydrogen-bond acceptors (Lipinski definition) is 6. The molecule has 1 saturated heterocycles. The summed E-state index contributed by atoms with van der Waals surface area (Å²) in [7, 11) is 1.72. The first-order valence-corrected chi connectivity index (χ1v) is 9.95. The molecule has 146 valence electrons. The minimum atomic E-state index is 0.0246. The van der Waals surface area contributed by atoms with Crippen LogP contribution in [0.4, 0.5) is 5.95 Å². The average molecular weight is 379 g/mol. The van der Waals surface area contributed by atoms with E-state index in [1.54, 1.807) is 13.3 Å². The summed E-state index contributed by atoms with van der Waals surface area (Å²) in [5, 5.41) is 3.44. The molecule has 0 saturated carbocycles. The van der Waals surface area contributed by atoms with Gasteiger partial charge in [0.05, 0.1) is 23.9 Å². The number of fused-ring (bicyclic) bond motifs is 2. The molecule has 3 aliphatic rings. The Balaban J connectivity index is 1.30. The molecule has 0 radical (unpaired) electrons. The van der Waals surface area contributed by atoms with Gasteiger partial charge in [0.25, 0.3) is 5.91 Å². The van der Waals surface area contributed by atoms with Crippen LogP contribution in [-0.2, 0) is 30.7 Å². The third-order valence-electron chi connectivity index (χ3n) is 5.96. The second-order valence-corrected chi connectivity index (χ2v) is 7.81. The molecule has 7 nitrogen and oxygen atoms in total. The monoisotopic (exact) mass is 379 g/mol. The number of anilines is 1. The van der Waals surface area contributed by atoms with Gasteiger partial charge in [0.15, 0.2) is 0 Å². The summed E-state index contributed by atoms with van der Waals surface area (Å²) < 4.78 is 5.31. The van der Waals surface area contributed by atoms with Crippen LogP contribution in [0.5, 0.6) is 0 Å². The first kappa shape index (κ1) is 17.6. The summed E-state index contributed by atoms with van der Waals surface area (Å²) >= 11 is 0. The average Bonchev–Trinajstić information content (AvgIpc) is 2.83. The van der Waals surface area contributed by atoms with Crippen LogP contribution in [0, 0.1) is 0 Å². The number of amides is 1. The van der Waals surface area contributed by atoms with Gasteiger partial charge in [0, 0.05) is 32.9 Å². The number of nitrogens with zero attached hydrogens (tertiary/aromatic N) is 4. The summed E-state index contributed by atoms with van der Waals surface area (Å²) in [6.07, 6.45) is 4.05. The van der Waals surface area contributed by atoms with Gasteiger partial charge in [-0.2, -0.15) is 0 Å². The summed E-state index contributed by atoms with van der Waals surface area (Å²) in [5.41, 5.74) is 5.46. The van der Waals surface area contributed by atoms with Gasteiger partial charge in [-0.1, -0.05) is 18.2 Å². The van der Waals surface area contributed by atoms with Crippen molar-refractivity contribution in [1.29, 1.82) is 0 Å². The number of carbonyl (C=O) groups excluding carboxylic acids is 1. The van der Waals surface area contributed by atoms with E-state index in [9.17, 15) is 4.79 Å². The Bertz CT molecular complexity index is 910. The molecule has 0 bridgehead atoms. The van der Waals surface area contributed by atoms with Crippen molar-refractivity contribution >= 4 is 11.9 Å². The summed E-state index contributed by atoms with van der Waals surface area (Å²) in [4.78, 5) is 25.8. The Morgan fingerprint density at radius 1 is 1.21 bits per heavy atom. The van der Waals surface area contributed by atoms with Gasteiger partial charge in [0.1, 0.15) is 0 Å². The van der Waals surface area contributed by atoms with Crippen LogP contribution in [0.3, 0.4) is 0 Å². The quantitative estimate of drug-likeness (QED) is 0.860. The number of carbonyl (C=O) groups is 1. The fourth-order valence-corrected chi connectivity index (χ4v) is 4.21. The SMILES string of the molecule is COC1CN(c2ncc3c(n2)CN(Cc2ccc4c(c2)CCNCC4)C3=O)C1. The van der Waals surface area contributed by atoms with Crippen molar-refractivity contribution in [2.45, 2.75) is 32.0 Å². The molecule has 0 aliphatic carbocycles. The van der Waals surface area contributed by atoms with E-state index < -0.39 is 0 Å². The Kier molecular flexibility index (Phi) is 4.49. The fourth-order valence-electron chi connectivity index (χ4n) is 4.21. The Morgan fingerprint density at radius 3 is 2.86 bits per heavy atom. The number of methoxy groups -OCH3 is 1. The van der Waals surface area contributed by atoms with Gasteiger partial charge in [-0.3, -0.25) is 4.79 Å².